The van der Waals surface area contributed by atoms with Crippen LogP contribution in [0.25, 0.3) is 10.1 Å². The Labute approximate surface area is 143 Å². The first-order valence-corrected chi connectivity index (χ1v) is 7.57. The molecule has 0 aromatic heterocycles. The Morgan fingerprint density at radius 2 is 1.00 bits per heavy atom. The molecule has 1 nitrogen and oxygen atoms in total. The SMILES string of the molecule is ClC=C(Cl)c1ccc(Oc2ccc(C(Cl)=CCl)cc2)cc1. The number of rotatable bonds is 4. The van der Waals surface area contributed by atoms with E-state index in [-0.39, 0.29) is 0 Å². The molecule has 0 aliphatic carbocycles. The fourth-order valence-electron chi connectivity index (χ4n) is 1.63. The Morgan fingerprint density at radius 3 is 1.29 bits per heavy atom. The minimum Gasteiger partial charge on any atom is -0.457 e. The van der Waals surface area contributed by atoms with Crippen molar-refractivity contribution in [3.8, 4) is 11.5 Å². The molecule has 2 aromatic rings. The number of hydrogen-bond donors (Lipinski definition) is 0. The second kappa shape index (κ2) is 7.77. The van der Waals surface area contributed by atoms with E-state index in [1.54, 1.807) is 0 Å². The minimum absolute atomic E-state index is 0.482. The molecular weight excluding hydrogens is 350 g/mol. The van der Waals surface area contributed by atoms with Crippen molar-refractivity contribution in [2.24, 2.45) is 0 Å². The first-order valence-electron chi connectivity index (χ1n) is 5.94. The number of benzene rings is 2. The van der Waals surface area contributed by atoms with Crippen LogP contribution in [0.15, 0.2) is 59.6 Å². The van der Waals surface area contributed by atoms with Crippen LogP contribution in [0.3, 0.4) is 0 Å². The van der Waals surface area contributed by atoms with E-state index >= 15 is 0 Å². The lowest BCUT2D eigenvalue weighted by Crippen LogP contribution is -1.85. The molecular formula is C16H10Cl4O. The van der Waals surface area contributed by atoms with Crippen molar-refractivity contribution >= 4 is 56.5 Å². The van der Waals surface area contributed by atoms with Gasteiger partial charge in [0.1, 0.15) is 11.5 Å². The zero-order chi connectivity index (χ0) is 15.2. The van der Waals surface area contributed by atoms with E-state index in [4.69, 9.17) is 51.1 Å². The van der Waals surface area contributed by atoms with Crippen LogP contribution in [0, 0.1) is 0 Å². The van der Waals surface area contributed by atoms with Gasteiger partial charge in [-0.05, 0) is 59.7 Å². The predicted octanol–water partition coefficient (Wildman–Crippen LogP) is 7.03. The molecule has 0 unspecified atom stereocenters. The van der Waals surface area contributed by atoms with Crippen LogP contribution in [0.4, 0.5) is 0 Å². The van der Waals surface area contributed by atoms with E-state index in [0.29, 0.717) is 21.6 Å². The van der Waals surface area contributed by atoms with Gasteiger partial charge >= 0.3 is 0 Å². The quantitative estimate of drug-likeness (QED) is 0.569. The molecule has 0 aliphatic heterocycles. The molecule has 0 N–H and O–H groups in total. The summed E-state index contributed by atoms with van der Waals surface area (Å²) in [5.41, 5.74) is 4.30. The largest absolute Gasteiger partial charge is 0.457 e. The third kappa shape index (κ3) is 4.42. The van der Waals surface area contributed by atoms with E-state index in [2.05, 4.69) is 0 Å². The molecule has 0 saturated carbocycles. The summed E-state index contributed by atoms with van der Waals surface area (Å²) >= 11 is 23.0. The van der Waals surface area contributed by atoms with Crippen LogP contribution < -0.4 is 4.74 Å². The topological polar surface area (TPSA) is 9.23 Å². The second-order valence-electron chi connectivity index (χ2n) is 4.06. The highest BCUT2D eigenvalue weighted by atomic mass is 35.5. The summed E-state index contributed by atoms with van der Waals surface area (Å²) in [6, 6.07) is 14.6. The van der Waals surface area contributed by atoms with Gasteiger partial charge in [-0.1, -0.05) is 46.4 Å². The molecule has 0 saturated heterocycles. The van der Waals surface area contributed by atoms with Crippen LogP contribution in [0.5, 0.6) is 11.5 Å². The van der Waals surface area contributed by atoms with E-state index < -0.39 is 0 Å². The minimum atomic E-state index is 0.482. The molecule has 0 aliphatic rings. The third-order valence-corrected chi connectivity index (χ3v) is 4.00. The van der Waals surface area contributed by atoms with Gasteiger partial charge in [0, 0.05) is 11.1 Å². The molecule has 0 fully saturated rings. The predicted molar refractivity (Wildman–Crippen MR) is 92.3 cm³/mol. The fourth-order valence-corrected chi connectivity index (χ4v) is 2.13. The normalized spacial score (nSPS) is 12.4. The van der Waals surface area contributed by atoms with Gasteiger partial charge in [-0.2, -0.15) is 0 Å². The molecule has 0 spiro atoms. The van der Waals surface area contributed by atoms with E-state index in [1.807, 2.05) is 48.5 Å². The maximum absolute atomic E-state index is 5.92. The standard InChI is InChI=1S/C16H10Cl4O/c17-9-15(19)11-1-5-13(6-2-11)21-14-7-3-12(4-8-14)16(20)10-18/h1-10H. The molecule has 5 heteroatoms. The number of ether oxygens (including phenoxy) is 1. The van der Waals surface area contributed by atoms with Crippen LogP contribution in [-0.4, -0.2) is 0 Å². The van der Waals surface area contributed by atoms with Crippen molar-refractivity contribution in [3.05, 3.63) is 70.7 Å². The lowest BCUT2D eigenvalue weighted by Gasteiger charge is -2.07. The highest BCUT2D eigenvalue weighted by molar-refractivity contribution is 6.53. The van der Waals surface area contributed by atoms with Crippen molar-refractivity contribution in [3.63, 3.8) is 0 Å². The van der Waals surface area contributed by atoms with E-state index in [0.717, 1.165) is 11.1 Å². The molecule has 21 heavy (non-hydrogen) atoms. The monoisotopic (exact) mass is 358 g/mol. The summed E-state index contributed by atoms with van der Waals surface area (Å²) in [6.45, 7) is 0. The molecule has 108 valence electrons. The van der Waals surface area contributed by atoms with Crippen molar-refractivity contribution < 1.29 is 4.74 Å². The zero-order valence-corrected chi connectivity index (χ0v) is 13.7. The van der Waals surface area contributed by atoms with Gasteiger partial charge in [-0.25, -0.2) is 0 Å². The van der Waals surface area contributed by atoms with E-state index in [1.165, 1.54) is 11.1 Å². The van der Waals surface area contributed by atoms with Gasteiger partial charge in [-0.15, -0.1) is 0 Å². The summed E-state index contributed by atoms with van der Waals surface area (Å²) in [5, 5.41) is 0.963. The third-order valence-electron chi connectivity index (χ3n) is 2.69. The fraction of sp³-hybridized carbons (Fsp3) is 0. The second-order valence-corrected chi connectivity index (χ2v) is 5.32. The lowest BCUT2D eigenvalue weighted by atomic mass is 10.2. The highest BCUT2D eigenvalue weighted by Crippen LogP contribution is 2.27. The first-order chi connectivity index (χ1) is 10.1. The Morgan fingerprint density at radius 1 is 0.667 bits per heavy atom. The molecule has 2 rings (SSSR count). The zero-order valence-electron chi connectivity index (χ0n) is 10.7. The summed E-state index contributed by atoms with van der Waals surface area (Å²) in [5.74, 6) is 1.40. The summed E-state index contributed by atoms with van der Waals surface area (Å²) in [6.07, 6.45) is 0. The van der Waals surface area contributed by atoms with E-state index in [9.17, 15) is 0 Å². The van der Waals surface area contributed by atoms with Gasteiger partial charge in [-0.3, -0.25) is 0 Å². The van der Waals surface area contributed by atoms with Crippen LogP contribution in [-0.2, 0) is 0 Å². The van der Waals surface area contributed by atoms with Crippen LogP contribution >= 0.6 is 46.4 Å². The van der Waals surface area contributed by atoms with Crippen molar-refractivity contribution in [2.75, 3.05) is 0 Å². The first kappa shape index (κ1) is 16.3. The van der Waals surface area contributed by atoms with Crippen LogP contribution in [0.2, 0.25) is 0 Å². The summed E-state index contributed by atoms with van der Waals surface area (Å²) in [4.78, 5) is 0. The maximum atomic E-state index is 5.92. The Bertz CT molecular complexity index is 598. The van der Waals surface area contributed by atoms with Crippen LogP contribution in [0.1, 0.15) is 11.1 Å². The van der Waals surface area contributed by atoms with Gasteiger partial charge in [0.05, 0.1) is 10.1 Å². The molecule has 0 atom stereocenters. The van der Waals surface area contributed by atoms with Gasteiger partial charge in [0.25, 0.3) is 0 Å². The lowest BCUT2D eigenvalue weighted by molar-refractivity contribution is 0.482. The average Bonchev–Trinajstić information content (AvgIpc) is 2.55. The molecule has 0 bridgehead atoms. The average molecular weight is 360 g/mol. The van der Waals surface area contributed by atoms with Crippen molar-refractivity contribution in [2.45, 2.75) is 0 Å². The van der Waals surface area contributed by atoms with Gasteiger partial charge in [0.15, 0.2) is 0 Å². The summed E-state index contributed by atoms with van der Waals surface area (Å²) < 4.78 is 5.72. The molecule has 0 amide bonds. The smallest absolute Gasteiger partial charge is 0.127 e. The Kier molecular flexibility index (Phi) is 6.01. The number of hydrogen-bond acceptors (Lipinski definition) is 1. The summed E-state index contributed by atoms with van der Waals surface area (Å²) in [7, 11) is 0. The van der Waals surface area contributed by atoms with Crippen molar-refractivity contribution in [1.29, 1.82) is 0 Å². The van der Waals surface area contributed by atoms with Gasteiger partial charge in [0.2, 0.25) is 0 Å². The molecule has 2 aromatic carbocycles. The number of halogens is 4. The Hall–Kier alpha value is -1.12. The maximum Gasteiger partial charge on any atom is 0.127 e. The van der Waals surface area contributed by atoms with Crippen molar-refractivity contribution in [1.82, 2.24) is 0 Å². The van der Waals surface area contributed by atoms with Gasteiger partial charge < -0.3 is 4.74 Å². The molecule has 0 radical (unpaired) electrons. The Balaban J connectivity index is 2.11. The highest BCUT2D eigenvalue weighted by Gasteiger charge is 2.02. The molecule has 0 heterocycles.